The summed E-state index contributed by atoms with van der Waals surface area (Å²) in [4.78, 5) is 1.24. The maximum atomic E-state index is 6.51. The number of thiophene rings is 1. The summed E-state index contributed by atoms with van der Waals surface area (Å²) in [5.41, 5.74) is 2.20. The van der Waals surface area contributed by atoms with Crippen LogP contribution < -0.4 is 4.74 Å². The van der Waals surface area contributed by atoms with Crippen LogP contribution >= 0.6 is 38.9 Å². The normalized spacial score (nSPS) is 12.5. The number of aryl methyl sites for hydroxylation is 1. The molecule has 0 spiro atoms. The fourth-order valence-corrected chi connectivity index (χ4v) is 3.86. The smallest absolute Gasteiger partial charge is 0.119 e. The molecular formula is C13H12BrClOS. The van der Waals surface area contributed by atoms with Crippen molar-refractivity contribution in [1.82, 2.24) is 0 Å². The Labute approximate surface area is 119 Å². The molecule has 0 saturated heterocycles. The van der Waals surface area contributed by atoms with Crippen LogP contribution in [0.2, 0.25) is 0 Å². The Kier molecular flexibility index (Phi) is 4.13. The first kappa shape index (κ1) is 12.9. The summed E-state index contributed by atoms with van der Waals surface area (Å²) < 4.78 is 6.32. The zero-order valence-corrected chi connectivity index (χ0v) is 12.7. The van der Waals surface area contributed by atoms with Gasteiger partial charge in [-0.2, -0.15) is 0 Å². The van der Waals surface area contributed by atoms with Gasteiger partial charge in [0.15, 0.2) is 0 Å². The van der Waals surface area contributed by atoms with Gasteiger partial charge in [0, 0.05) is 4.88 Å². The first-order valence-corrected chi connectivity index (χ1v) is 7.20. The second-order valence-corrected chi connectivity index (χ2v) is 6.77. The Hall–Kier alpha value is -0.510. The first-order chi connectivity index (χ1) is 8.11. The molecule has 0 N–H and O–H groups in total. The second kappa shape index (κ2) is 5.42. The number of hydrogen-bond acceptors (Lipinski definition) is 2. The molecule has 2 aromatic rings. The number of benzene rings is 1. The van der Waals surface area contributed by atoms with Crippen molar-refractivity contribution in [3.05, 3.63) is 50.1 Å². The summed E-state index contributed by atoms with van der Waals surface area (Å²) in [6, 6.07) is 9.95. The third kappa shape index (κ3) is 2.84. The lowest BCUT2D eigenvalue weighted by Gasteiger charge is -2.11. The first-order valence-electron chi connectivity index (χ1n) is 5.15. The van der Waals surface area contributed by atoms with Crippen LogP contribution in [0.5, 0.6) is 5.75 Å². The maximum Gasteiger partial charge on any atom is 0.119 e. The van der Waals surface area contributed by atoms with Crippen molar-refractivity contribution >= 4 is 38.9 Å². The lowest BCUT2D eigenvalue weighted by atomic mass is 10.1. The van der Waals surface area contributed by atoms with Crippen LogP contribution in [0.1, 0.15) is 21.4 Å². The topological polar surface area (TPSA) is 9.23 Å². The summed E-state index contributed by atoms with van der Waals surface area (Å²) in [5, 5.41) is -0.132. The third-order valence-electron chi connectivity index (χ3n) is 2.59. The SMILES string of the molecule is COc1cccc(C(Cl)c2cc(Br)sc2C)c1. The number of rotatable bonds is 3. The summed E-state index contributed by atoms with van der Waals surface area (Å²) in [7, 11) is 1.66. The van der Waals surface area contributed by atoms with Gasteiger partial charge in [0.25, 0.3) is 0 Å². The molecule has 17 heavy (non-hydrogen) atoms. The van der Waals surface area contributed by atoms with Crippen molar-refractivity contribution in [2.45, 2.75) is 12.3 Å². The molecule has 1 aromatic heterocycles. The predicted octanol–water partition coefficient (Wildman–Crippen LogP) is 5.16. The second-order valence-electron chi connectivity index (χ2n) is 3.70. The number of ether oxygens (including phenoxy) is 1. The van der Waals surface area contributed by atoms with Crippen LogP contribution in [0.4, 0.5) is 0 Å². The van der Waals surface area contributed by atoms with Gasteiger partial charge in [-0.15, -0.1) is 22.9 Å². The quantitative estimate of drug-likeness (QED) is 0.706. The molecular weight excluding hydrogens is 320 g/mol. The van der Waals surface area contributed by atoms with Crippen LogP contribution in [0.15, 0.2) is 34.1 Å². The molecule has 0 fully saturated rings. The highest BCUT2D eigenvalue weighted by Crippen LogP contribution is 2.38. The molecule has 0 aliphatic carbocycles. The Morgan fingerprint density at radius 1 is 1.35 bits per heavy atom. The van der Waals surface area contributed by atoms with E-state index >= 15 is 0 Å². The highest BCUT2D eigenvalue weighted by atomic mass is 79.9. The molecule has 0 aliphatic rings. The molecule has 0 radical (unpaired) electrons. The van der Waals surface area contributed by atoms with Crippen LogP contribution in [0.25, 0.3) is 0 Å². The average Bonchev–Trinajstić information content (AvgIpc) is 2.67. The van der Waals surface area contributed by atoms with E-state index in [1.165, 1.54) is 4.88 Å². The monoisotopic (exact) mass is 330 g/mol. The van der Waals surface area contributed by atoms with Gasteiger partial charge in [-0.3, -0.25) is 0 Å². The van der Waals surface area contributed by atoms with Gasteiger partial charge in [-0.05, 0) is 52.2 Å². The molecule has 2 rings (SSSR count). The molecule has 0 bridgehead atoms. The minimum Gasteiger partial charge on any atom is -0.497 e. The van der Waals surface area contributed by atoms with Gasteiger partial charge in [0.2, 0.25) is 0 Å². The van der Waals surface area contributed by atoms with E-state index in [0.717, 1.165) is 20.7 Å². The van der Waals surface area contributed by atoms with E-state index in [9.17, 15) is 0 Å². The molecule has 0 amide bonds. The highest BCUT2D eigenvalue weighted by Gasteiger charge is 2.16. The lowest BCUT2D eigenvalue weighted by Crippen LogP contribution is -1.94. The molecule has 0 aliphatic heterocycles. The van der Waals surface area contributed by atoms with Crippen molar-refractivity contribution in [3.63, 3.8) is 0 Å². The fraction of sp³-hybridized carbons (Fsp3) is 0.231. The van der Waals surface area contributed by atoms with Gasteiger partial charge >= 0.3 is 0 Å². The highest BCUT2D eigenvalue weighted by molar-refractivity contribution is 9.11. The van der Waals surface area contributed by atoms with Gasteiger partial charge in [0.1, 0.15) is 5.75 Å². The van der Waals surface area contributed by atoms with Crippen molar-refractivity contribution in [2.75, 3.05) is 7.11 Å². The van der Waals surface area contributed by atoms with E-state index in [2.05, 4.69) is 28.9 Å². The number of methoxy groups -OCH3 is 1. The molecule has 1 heterocycles. The van der Waals surface area contributed by atoms with Crippen LogP contribution in [-0.2, 0) is 0 Å². The number of hydrogen-bond donors (Lipinski definition) is 0. The molecule has 1 atom stereocenters. The summed E-state index contributed by atoms with van der Waals surface area (Å²) in [6.07, 6.45) is 0. The van der Waals surface area contributed by atoms with Crippen molar-refractivity contribution in [2.24, 2.45) is 0 Å². The van der Waals surface area contributed by atoms with E-state index < -0.39 is 0 Å². The molecule has 1 nitrogen and oxygen atoms in total. The third-order valence-corrected chi connectivity index (χ3v) is 4.64. The molecule has 4 heteroatoms. The minimum absolute atomic E-state index is 0.132. The van der Waals surface area contributed by atoms with Gasteiger partial charge in [-0.1, -0.05) is 12.1 Å². The lowest BCUT2D eigenvalue weighted by molar-refractivity contribution is 0.414. The zero-order valence-electron chi connectivity index (χ0n) is 9.54. The maximum absolute atomic E-state index is 6.51. The Balaban J connectivity index is 2.36. The van der Waals surface area contributed by atoms with Crippen LogP contribution in [-0.4, -0.2) is 7.11 Å². The van der Waals surface area contributed by atoms with Gasteiger partial charge in [-0.25, -0.2) is 0 Å². The Morgan fingerprint density at radius 3 is 2.71 bits per heavy atom. The van der Waals surface area contributed by atoms with E-state index in [1.54, 1.807) is 18.4 Å². The number of halogens is 2. The molecule has 0 saturated carbocycles. The Bertz CT molecular complexity index is 524. The van der Waals surface area contributed by atoms with Gasteiger partial charge in [0.05, 0.1) is 16.3 Å². The predicted molar refractivity (Wildman–Crippen MR) is 77.4 cm³/mol. The molecule has 90 valence electrons. The molecule has 1 aromatic carbocycles. The standard InChI is InChI=1S/C13H12BrClOS/c1-8-11(7-12(14)17-8)13(15)9-4-3-5-10(6-9)16-2/h3-7,13H,1-2H3. The molecule has 1 unspecified atom stereocenters. The van der Waals surface area contributed by atoms with E-state index in [4.69, 9.17) is 16.3 Å². The number of alkyl halides is 1. The average molecular weight is 332 g/mol. The van der Waals surface area contributed by atoms with E-state index in [0.29, 0.717) is 0 Å². The van der Waals surface area contributed by atoms with E-state index in [1.807, 2.05) is 24.3 Å². The minimum atomic E-state index is -0.132. The fourth-order valence-electron chi connectivity index (χ4n) is 1.69. The van der Waals surface area contributed by atoms with Crippen molar-refractivity contribution < 1.29 is 4.74 Å². The summed E-state index contributed by atoms with van der Waals surface area (Å²) in [5.74, 6) is 0.833. The van der Waals surface area contributed by atoms with Crippen molar-refractivity contribution in [3.8, 4) is 5.75 Å². The van der Waals surface area contributed by atoms with E-state index in [-0.39, 0.29) is 5.38 Å². The summed E-state index contributed by atoms with van der Waals surface area (Å²) >= 11 is 11.7. The van der Waals surface area contributed by atoms with Gasteiger partial charge < -0.3 is 4.74 Å². The van der Waals surface area contributed by atoms with Crippen molar-refractivity contribution in [1.29, 1.82) is 0 Å². The largest absolute Gasteiger partial charge is 0.497 e. The zero-order chi connectivity index (χ0) is 12.4. The summed E-state index contributed by atoms with van der Waals surface area (Å²) in [6.45, 7) is 2.08. The van der Waals surface area contributed by atoms with Crippen LogP contribution in [0.3, 0.4) is 0 Å². The Morgan fingerprint density at radius 2 is 2.12 bits per heavy atom. The van der Waals surface area contributed by atoms with Crippen LogP contribution in [0, 0.1) is 6.92 Å².